The Balaban J connectivity index is 2.36. The van der Waals surface area contributed by atoms with Crippen LogP contribution in [-0.2, 0) is 13.5 Å². The number of rotatable bonds is 4. The van der Waals surface area contributed by atoms with Crippen molar-refractivity contribution in [3.8, 4) is 0 Å². The number of nitrogens with two attached hydrogens (primary N) is 1. The molecule has 1 atom stereocenters. The second-order valence-electron chi connectivity index (χ2n) is 4.81. The van der Waals surface area contributed by atoms with Gasteiger partial charge in [0.1, 0.15) is 0 Å². The average Bonchev–Trinajstić information content (AvgIpc) is 2.63. The van der Waals surface area contributed by atoms with E-state index in [-0.39, 0.29) is 6.04 Å². The highest BCUT2D eigenvalue weighted by atomic mass is 15.3. The number of hydrazine groups is 1. The van der Waals surface area contributed by atoms with Crippen LogP contribution >= 0.6 is 0 Å². The summed E-state index contributed by atoms with van der Waals surface area (Å²) in [6.45, 7) is 4.32. The summed E-state index contributed by atoms with van der Waals surface area (Å²) in [4.78, 5) is 0. The highest BCUT2D eigenvalue weighted by Crippen LogP contribution is 2.20. The van der Waals surface area contributed by atoms with E-state index in [1.165, 1.54) is 10.9 Å². The summed E-state index contributed by atoms with van der Waals surface area (Å²) in [5.41, 5.74) is 5.15. The molecule has 92 valence electrons. The molecule has 0 aliphatic heterocycles. The van der Waals surface area contributed by atoms with Crippen molar-refractivity contribution in [2.24, 2.45) is 18.8 Å². The van der Waals surface area contributed by atoms with Crippen LogP contribution in [0.1, 0.15) is 19.5 Å². The molecule has 0 saturated carbocycles. The van der Waals surface area contributed by atoms with Crippen LogP contribution in [0, 0.1) is 5.92 Å². The Morgan fingerprint density at radius 3 is 2.71 bits per heavy atom. The minimum atomic E-state index is 0.258. The highest BCUT2D eigenvalue weighted by Gasteiger charge is 2.16. The molecule has 17 heavy (non-hydrogen) atoms. The molecular weight excluding hydrogens is 212 g/mol. The molecule has 3 N–H and O–H groups in total. The summed E-state index contributed by atoms with van der Waals surface area (Å²) in [7, 11) is 1.98. The van der Waals surface area contributed by atoms with Gasteiger partial charge in [-0.1, -0.05) is 32.0 Å². The van der Waals surface area contributed by atoms with Crippen molar-refractivity contribution in [3.05, 3.63) is 30.0 Å². The number of aryl methyl sites for hydroxylation is 1. The van der Waals surface area contributed by atoms with Crippen molar-refractivity contribution >= 4 is 10.9 Å². The Hall–Kier alpha value is -1.39. The first-order valence-corrected chi connectivity index (χ1v) is 6.00. The number of hydrogen-bond donors (Lipinski definition) is 2. The molecule has 0 radical (unpaired) electrons. The summed E-state index contributed by atoms with van der Waals surface area (Å²) in [5, 5.41) is 5.80. The van der Waals surface area contributed by atoms with E-state index in [2.05, 4.69) is 36.5 Å². The van der Waals surface area contributed by atoms with Crippen molar-refractivity contribution in [2.75, 3.05) is 0 Å². The molecule has 0 spiro atoms. The van der Waals surface area contributed by atoms with Crippen molar-refractivity contribution < 1.29 is 0 Å². The lowest BCUT2D eigenvalue weighted by atomic mass is 9.98. The largest absolute Gasteiger partial charge is 0.271 e. The molecule has 2 rings (SSSR count). The normalized spacial score (nSPS) is 13.5. The first-order chi connectivity index (χ1) is 8.13. The fraction of sp³-hybridized carbons (Fsp3) is 0.462. The third-order valence-electron chi connectivity index (χ3n) is 3.27. The van der Waals surface area contributed by atoms with E-state index < -0.39 is 0 Å². The van der Waals surface area contributed by atoms with E-state index in [9.17, 15) is 0 Å². The second-order valence-corrected chi connectivity index (χ2v) is 4.81. The topological polar surface area (TPSA) is 55.9 Å². The van der Waals surface area contributed by atoms with Gasteiger partial charge in [0.25, 0.3) is 0 Å². The number of benzene rings is 1. The lowest BCUT2D eigenvalue weighted by molar-refractivity contribution is 0.401. The van der Waals surface area contributed by atoms with E-state index >= 15 is 0 Å². The molecule has 0 aliphatic carbocycles. The summed E-state index contributed by atoms with van der Waals surface area (Å²) < 4.78 is 1.93. The van der Waals surface area contributed by atoms with Gasteiger partial charge in [0.15, 0.2) is 0 Å². The molecule has 1 aromatic carbocycles. The van der Waals surface area contributed by atoms with Gasteiger partial charge in [-0.15, -0.1) is 0 Å². The molecule has 0 amide bonds. The van der Waals surface area contributed by atoms with Gasteiger partial charge in [0.05, 0.1) is 11.2 Å². The van der Waals surface area contributed by atoms with Gasteiger partial charge in [-0.3, -0.25) is 16.0 Å². The first-order valence-electron chi connectivity index (χ1n) is 6.00. The van der Waals surface area contributed by atoms with E-state index in [1.54, 1.807) is 0 Å². The van der Waals surface area contributed by atoms with Crippen LogP contribution in [0.3, 0.4) is 0 Å². The minimum absolute atomic E-state index is 0.258. The monoisotopic (exact) mass is 232 g/mol. The number of nitrogens with one attached hydrogen (secondary N) is 1. The zero-order chi connectivity index (χ0) is 12.4. The number of para-hydroxylation sites is 1. The molecule has 4 heteroatoms. The third kappa shape index (κ3) is 2.33. The van der Waals surface area contributed by atoms with Crippen LogP contribution in [0.5, 0.6) is 0 Å². The van der Waals surface area contributed by atoms with Gasteiger partial charge in [-0.05, 0) is 12.0 Å². The van der Waals surface area contributed by atoms with Gasteiger partial charge < -0.3 is 0 Å². The Kier molecular flexibility index (Phi) is 3.45. The van der Waals surface area contributed by atoms with Crippen molar-refractivity contribution in [3.63, 3.8) is 0 Å². The number of aromatic nitrogens is 2. The fourth-order valence-electron chi connectivity index (χ4n) is 2.13. The summed E-state index contributed by atoms with van der Waals surface area (Å²) in [6.07, 6.45) is 0.857. The molecule has 1 heterocycles. The van der Waals surface area contributed by atoms with E-state index in [0.717, 1.165) is 12.1 Å². The van der Waals surface area contributed by atoms with Crippen LogP contribution in [0.25, 0.3) is 10.9 Å². The van der Waals surface area contributed by atoms with Crippen LogP contribution < -0.4 is 11.3 Å². The predicted molar refractivity (Wildman–Crippen MR) is 70.4 cm³/mol. The second kappa shape index (κ2) is 4.85. The molecule has 4 nitrogen and oxygen atoms in total. The number of hydrogen-bond acceptors (Lipinski definition) is 3. The molecular formula is C13H20N4. The molecule has 1 aromatic heterocycles. The van der Waals surface area contributed by atoms with Gasteiger partial charge in [0, 0.05) is 24.9 Å². The summed E-state index contributed by atoms with van der Waals surface area (Å²) in [6, 6.07) is 8.55. The minimum Gasteiger partial charge on any atom is -0.271 e. The first kappa shape index (κ1) is 12.1. The van der Waals surface area contributed by atoms with Gasteiger partial charge >= 0.3 is 0 Å². The highest BCUT2D eigenvalue weighted by molar-refractivity contribution is 5.81. The zero-order valence-corrected chi connectivity index (χ0v) is 10.6. The maximum absolute atomic E-state index is 5.59. The molecule has 0 fully saturated rings. The van der Waals surface area contributed by atoms with Gasteiger partial charge in [-0.25, -0.2) is 0 Å². The fourth-order valence-corrected chi connectivity index (χ4v) is 2.13. The Bertz CT molecular complexity index is 501. The van der Waals surface area contributed by atoms with Crippen LogP contribution in [0.15, 0.2) is 24.3 Å². The molecule has 1 unspecified atom stereocenters. The third-order valence-corrected chi connectivity index (χ3v) is 3.27. The number of fused-ring (bicyclic) bond motifs is 1. The lowest BCUT2D eigenvalue weighted by Gasteiger charge is -2.18. The predicted octanol–water partition coefficient (Wildman–Crippen LogP) is 1.60. The number of nitrogens with zero attached hydrogens (tertiary/aromatic N) is 2. The van der Waals surface area contributed by atoms with E-state index in [1.807, 2.05) is 23.9 Å². The molecule has 0 saturated heterocycles. The van der Waals surface area contributed by atoms with Crippen molar-refractivity contribution in [1.29, 1.82) is 0 Å². The average molecular weight is 232 g/mol. The molecule has 2 aromatic rings. The standard InChI is InChI=1S/C13H20N4/c1-9(2)11(15-14)8-12-10-6-4-5-7-13(10)17(3)16-12/h4-7,9,11,15H,8,14H2,1-3H3. The quantitative estimate of drug-likeness (QED) is 0.622. The SMILES string of the molecule is CC(C)C(Cc1nn(C)c2ccccc12)NN. The van der Waals surface area contributed by atoms with Crippen LogP contribution in [0.4, 0.5) is 0 Å². The summed E-state index contributed by atoms with van der Waals surface area (Å²) >= 11 is 0. The van der Waals surface area contributed by atoms with Crippen LogP contribution in [-0.4, -0.2) is 15.8 Å². The maximum atomic E-state index is 5.59. The Morgan fingerprint density at radius 1 is 1.35 bits per heavy atom. The van der Waals surface area contributed by atoms with E-state index in [0.29, 0.717) is 5.92 Å². The van der Waals surface area contributed by atoms with Gasteiger partial charge in [-0.2, -0.15) is 5.10 Å². The van der Waals surface area contributed by atoms with Crippen molar-refractivity contribution in [1.82, 2.24) is 15.2 Å². The molecule has 0 aliphatic rings. The smallest absolute Gasteiger partial charge is 0.0719 e. The summed E-state index contributed by atoms with van der Waals surface area (Å²) in [5.74, 6) is 6.07. The zero-order valence-electron chi connectivity index (χ0n) is 10.6. The molecule has 0 bridgehead atoms. The van der Waals surface area contributed by atoms with Crippen molar-refractivity contribution in [2.45, 2.75) is 26.3 Å². The van der Waals surface area contributed by atoms with E-state index in [4.69, 9.17) is 5.84 Å². The van der Waals surface area contributed by atoms with Gasteiger partial charge in [0.2, 0.25) is 0 Å². The maximum Gasteiger partial charge on any atom is 0.0719 e. The van der Waals surface area contributed by atoms with Crippen LogP contribution in [0.2, 0.25) is 0 Å². The Labute approximate surface area is 102 Å². The lowest BCUT2D eigenvalue weighted by Crippen LogP contribution is -2.40. The Morgan fingerprint density at radius 2 is 2.06 bits per heavy atom.